The number of fused-ring (bicyclic) bond motifs is 1. The first-order chi connectivity index (χ1) is 14.1. The molecule has 1 aromatic heterocycles. The SMILES string of the molecule is O=C(CCNc1ccccc1[N+](=O)[O-])Nc1nc(-c2ccc3c(c2)CCO3)cs1. The number of rotatable bonds is 7. The molecule has 0 atom stereocenters. The minimum absolute atomic E-state index is 0.0165. The predicted molar refractivity (Wildman–Crippen MR) is 112 cm³/mol. The van der Waals surface area contributed by atoms with Gasteiger partial charge >= 0.3 is 0 Å². The van der Waals surface area contributed by atoms with Gasteiger partial charge in [0.25, 0.3) is 5.69 Å². The summed E-state index contributed by atoms with van der Waals surface area (Å²) in [7, 11) is 0. The van der Waals surface area contributed by atoms with Crippen molar-refractivity contribution in [3.63, 3.8) is 0 Å². The molecule has 0 fully saturated rings. The Hall–Kier alpha value is -3.46. The molecule has 1 aliphatic rings. The molecule has 2 aromatic carbocycles. The third-order valence-electron chi connectivity index (χ3n) is 4.50. The van der Waals surface area contributed by atoms with E-state index in [1.165, 1.54) is 23.0 Å². The molecule has 29 heavy (non-hydrogen) atoms. The van der Waals surface area contributed by atoms with E-state index in [4.69, 9.17) is 4.74 Å². The first-order valence-electron chi connectivity index (χ1n) is 9.09. The van der Waals surface area contributed by atoms with Crippen molar-refractivity contribution < 1.29 is 14.5 Å². The monoisotopic (exact) mass is 410 g/mol. The van der Waals surface area contributed by atoms with Crippen LogP contribution in [-0.2, 0) is 11.2 Å². The van der Waals surface area contributed by atoms with Crippen molar-refractivity contribution in [2.24, 2.45) is 0 Å². The summed E-state index contributed by atoms with van der Waals surface area (Å²) >= 11 is 1.36. The van der Waals surface area contributed by atoms with Crippen molar-refractivity contribution in [3.05, 3.63) is 63.5 Å². The lowest BCUT2D eigenvalue weighted by Gasteiger charge is -2.06. The fraction of sp³-hybridized carbons (Fsp3) is 0.200. The lowest BCUT2D eigenvalue weighted by Crippen LogP contribution is -2.16. The van der Waals surface area contributed by atoms with E-state index in [0.717, 1.165) is 23.4 Å². The number of thiazole rings is 1. The number of benzene rings is 2. The molecule has 0 radical (unpaired) electrons. The standard InChI is InChI=1S/C20H18N4O4S/c25-19(7-9-21-15-3-1-2-4-17(15)24(26)27)23-20-22-16(12-29-20)13-5-6-18-14(11-13)8-10-28-18/h1-6,11-12,21H,7-10H2,(H,22,23,25). The molecule has 1 amide bonds. The number of para-hydroxylation sites is 2. The average molecular weight is 410 g/mol. The Morgan fingerprint density at radius 2 is 2.14 bits per heavy atom. The summed E-state index contributed by atoms with van der Waals surface area (Å²) in [4.78, 5) is 27.2. The van der Waals surface area contributed by atoms with Crippen LogP contribution in [0.2, 0.25) is 0 Å². The number of aromatic nitrogens is 1. The van der Waals surface area contributed by atoms with Crippen LogP contribution in [0, 0.1) is 10.1 Å². The van der Waals surface area contributed by atoms with Crippen molar-refractivity contribution >= 4 is 33.8 Å². The Balaban J connectivity index is 1.32. The fourth-order valence-corrected chi connectivity index (χ4v) is 3.82. The van der Waals surface area contributed by atoms with E-state index < -0.39 is 4.92 Å². The van der Waals surface area contributed by atoms with Crippen LogP contribution in [0.5, 0.6) is 5.75 Å². The predicted octanol–water partition coefficient (Wildman–Crippen LogP) is 4.09. The first-order valence-corrected chi connectivity index (χ1v) is 9.97. The number of nitrogens with zero attached hydrogens (tertiary/aromatic N) is 2. The van der Waals surface area contributed by atoms with Gasteiger partial charge in [0, 0.05) is 36.4 Å². The molecule has 0 spiro atoms. The number of nitro benzene ring substituents is 1. The minimum atomic E-state index is -0.454. The second-order valence-electron chi connectivity index (χ2n) is 6.46. The number of nitrogens with one attached hydrogen (secondary N) is 2. The van der Waals surface area contributed by atoms with E-state index >= 15 is 0 Å². The second kappa shape index (κ2) is 8.27. The third kappa shape index (κ3) is 4.35. The third-order valence-corrected chi connectivity index (χ3v) is 5.26. The normalized spacial score (nSPS) is 12.1. The van der Waals surface area contributed by atoms with Crippen molar-refractivity contribution in [3.8, 4) is 17.0 Å². The highest BCUT2D eigenvalue weighted by molar-refractivity contribution is 7.14. The number of hydrogen-bond donors (Lipinski definition) is 2. The van der Waals surface area contributed by atoms with Gasteiger partial charge in [0.1, 0.15) is 11.4 Å². The highest BCUT2D eigenvalue weighted by atomic mass is 32.1. The Labute approximate surface area is 170 Å². The molecular weight excluding hydrogens is 392 g/mol. The maximum Gasteiger partial charge on any atom is 0.292 e. The minimum Gasteiger partial charge on any atom is -0.493 e. The van der Waals surface area contributed by atoms with E-state index in [-0.39, 0.29) is 24.6 Å². The van der Waals surface area contributed by atoms with Crippen molar-refractivity contribution in [1.82, 2.24) is 4.98 Å². The van der Waals surface area contributed by atoms with E-state index in [1.807, 2.05) is 17.5 Å². The van der Waals surface area contributed by atoms with Crippen LogP contribution in [0.25, 0.3) is 11.3 Å². The zero-order valence-electron chi connectivity index (χ0n) is 15.4. The van der Waals surface area contributed by atoms with Crippen LogP contribution in [0.4, 0.5) is 16.5 Å². The van der Waals surface area contributed by atoms with Crippen molar-refractivity contribution in [2.45, 2.75) is 12.8 Å². The average Bonchev–Trinajstić information content (AvgIpc) is 3.37. The van der Waals surface area contributed by atoms with Crippen LogP contribution in [0.15, 0.2) is 47.8 Å². The molecule has 0 saturated heterocycles. The summed E-state index contributed by atoms with van der Waals surface area (Å²) in [6, 6.07) is 12.3. The largest absolute Gasteiger partial charge is 0.493 e. The van der Waals surface area contributed by atoms with E-state index in [2.05, 4.69) is 21.7 Å². The Morgan fingerprint density at radius 1 is 1.28 bits per heavy atom. The topological polar surface area (TPSA) is 106 Å². The molecule has 0 aliphatic carbocycles. The van der Waals surface area contributed by atoms with Crippen LogP contribution in [0.3, 0.4) is 0 Å². The lowest BCUT2D eigenvalue weighted by molar-refractivity contribution is -0.384. The van der Waals surface area contributed by atoms with Crippen molar-refractivity contribution in [1.29, 1.82) is 0 Å². The molecule has 3 aromatic rings. The Kier molecular flexibility index (Phi) is 5.39. The quantitative estimate of drug-likeness (QED) is 0.449. The van der Waals surface area contributed by atoms with Gasteiger partial charge in [-0.1, -0.05) is 12.1 Å². The molecule has 2 N–H and O–H groups in total. The molecule has 9 heteroatoms. The van der Waals surface area contributed by atoms with Gasteiger partial charge in [-0.05, 0) is 29.8 Å². The molecule has 0 bridgehead atoms. The van der Waals surface area contributed by atoms with Crippen LogP contribution >= 0.6 is 11.3 Å². The van der Waals surface area contributed by atoms with Gasteiger partial charge in [-0.2, -0.15) is 0 Å². The molecule has 0 saturated carbocycles. The molecule has 2 heterocycles. The molecular formula is C20H18N4O4S. The highest BCUT2D eigenvalue weighted by Crippen LogP contribution is 2.32. The number of amides is 1. The zero-order valence-corrected chi connectivity index (χ0v) is 16.2. The number of carbonyl (C=O) groups is 1. The number of ether oxygens (including phenoxy) is 1. The lowest BCUT2D eigenvalue weighted by atomic mass is 10.1. The maximum absolute atomic E-state index is 12.2. The van der Waals surface area contributed by atoms with Crippen LogP contribution in [-0.4, -0.2) is 29.0 Å². The number of carbonyl (C=O) groups excluding carboxylic acids is 1. The molecule has 8 nitrogen and oxygen atoms in total. The summed E-state index contributed by atoms with van der Waals surface area (Å²) < 4.78 is 5.52. The van der Waals surface area contributed by atoms with Crippen molar-refractivity contribution in [2.75, 3.05) is 23.8 Å². The van der Waals surface area contributed by atoms with Gasteiger partial charge in [-0.3, -0.25) is 14.9 Å². The van der Waals surface area contributed by atoms with Gasteiger partial charge in [-0.15, -0.1) is 11.3 Å². The van der Waals surface area contributed by atoms with Gasteiger partial charge in [0.15, 0.2) is 5.13 Å². The zero-order chi connectivity index (χ0) is 20.2. The smallest absolute Gasteiger partial charge is 0.292 e. The van der Waals surface area contributed by atoms with Gasteiger partial charge in [-0.25, -0.2) is 4.98 Å². The van der Waals surface area contributed by atoms with Gasteiger partial charge < -0.3 is 15.4 Å². The summed E-state index contributed by atoms with van der Waals surface area (Å²) in [6.07, 6.45) is 1.06. The van der Waals surface area contributed by atoms with Gasteiger partial charge in [0.05, 0.1) is 17.2 Å². The Bertz CT molecular complexity index is 1070. The Morgan fingerprint density at radius 3 is 3.00 bits per heavy atom. The number of anilines is 2. The molecule has 1 aliphatic heterocycles. The number of hydrogen-bond acceptors (Lipinski definition) is 7. The maximum atomic E-state index is 12.2. The van der Waals surface area contributed by atoms with Crippen LogP contribution < -0.4 is 15.4 Å². The summed E-state index contributed by atoms with van der Waals surface area (Å²) in [6.45, 7) is 0.983. The van der Waals surface area contributed by atoms with E-state index in [1.54, 1.807) is 18.2 Å². The molecule has 0 unspecified atom stereocenters. The summed E-state index contributed by atoms with van der Waals surface area (Å²) in [5.41, 5.74) is 3.34. The fourth-order valence-electron chi connectivity index (χ4n) is 3.08. The van der Waals surface area contributed by atoms with Crippen LogP contribution in [0.1, 0.15) is 12.0 Å². The number of nitro groups is 1. The molecule has 148 valence electrons. The molecule has 4 rings (SSSR count). The first kappa shape index (κ1) is 18.9. The second-order valence-corrected chi connectivity index (χ2v) is 7.32. The van der Waals surface area contributed by atoms with Gasteiger partial charge in [0.2, 0.25) is 5.91 Å². The summed E-state index contributed by atoms with van der Waals surface area (Å²) in [5, 5.41) is 19.1. The van der Waals surface area contributed by atoms with E-state index in [0.29, 0.717) is 17.4 Å². The highest BCUT2D eigenvalue weighted by Gasteiger charge is 2.15. The summed E-state index contributed by atoms with van der Waals surface area (Å²) in [5.74, 6) is 0.711. The van der Waals surface area contributed by atoms with E-state index in [9.17, 15) is 14.9 Å².